The van der Waals surface area contributed by atoms with E-state index >= 15 is 0 Å². The Hall–Kier alpha value is -2.74. The minimum atomic E-state index is 0.402. The molecule has 0 radical (unpaired) electrons. The molecule has 2 aromatic carbocycles. The van der Waals surface area contributed by atoms with Gasteiger partial charge in [0, 0.05) is 15.7 Å². The van der Waals surface area contributed by atoms with Crippen LogP contribution in [0.4, 0.5) is 5.69 Å². The van der Waals surface area contributed by atoms with Gasteiger partial charge in [0.05, 0.1) is 27.9 Å². The van der Waals surface area contributed by atoms with Crippen LogP contribution in [0.15, 0.2) is 39.3 Å². The second kappa shape index (κ2) is 8.30. The SMILES string of the molecule is COc1cc(-c2noc(CNc3ccc(C)cc3Br)n2)cc(OC)c1OC. The van der Waals surface area contributed by atoms with Crippen LogP contribution < -0.4 is 19.5 Å². The van der Waals surface area contributed by atoms with Gasteiger partial charge in [0.1, 0.15) is 0 Å². The summed E-state index contributed by atoms with van der Waals surface area (Å²) in [5.74, 6) is 2.47. The summed E-state index contributed by atoms with van der Waals surface area (Å²) >= 11 is 3.54. The van der Waals surface area contributed by atoms with Crippen molar-refractivity contribution in [1.29, 1.82) is 0 Å². The molecule has 0 bridgehead atoms. The Kier molecular flexibility index (Phi) is 5.85. The molecule has 0 amide bonds. The molecular formula is C19H20BrN3O4. The van der Waals surface area contributed by atoms with Gasteiger partial charge in [-0.1, -0.05) is 11.2 Å². The Bertz CT molecular complexity index is 917. The van der Waals surface area contributed by atoms with E-state index in [0.717, 1.165) is 10.2 Å². The van der Waals surface area contributed by atoms with Crippen LogP contribution in [0.5, 0.6) is 17.2 Å². The third-order valence-corrected chi connectivity index (χ3v) is 4.60. The summed E-state index contributed by atoms with van der Waals surface area (Å²) < 4.78 is 22.4. The van der Waals surface area contributed by atoms with Crippen LogP contribution in [0.3, 0.4) is 0 Å². The number of nitrogens with one attached hydrogen (secondary N) is 1. The number of benzene rings is 2. The molecular weight excluding hydrogens is 414 g/mol. The summed E-state index contributed by atoms with van der Waals surface area (Å²) in [6, 6.07) is 9.62. The maximum atomic E-state index is 5.37. The van der Waals surface area contributed by atoms with E-state index in [9.17, 15) is 0 Å². The zero-order valence-electron chi connectivity index (χ0n) is 15.5. The number of hydrogen-bond donors (Lipinski definition) is 1. The minimum Gasteiger partial charge on any atom is -0.493 e. The van der Waals surface area contributed by atoms with Crippen LogP contribution in [-0.4, -0.2) is 31.5 Å². The van der Waals surface area contributed by atoms with Crippen LogP contribution in [0.2, 0.25) is 0 Å². The maximum Gasteiger partial charge on any atom is 0.246 e. The lowest BCUT2D eigenvalue weighted by Gasteiger charge is -2.12. The zero-order valence-corrected chi connectivity index (χ0v) is 17.1. The van der Waals surface area contributed by atoms with E-state index in [1.165, 1.54) is 5.56 Å². The highest BCUT2D eigenvalue weighted by atomic mass is 79.9. The Morgan fingerprint density at radius 3 is 2.33 bits per heavy atom. The van der Waals surface area contributed by atoms with Crippen LogP contribution in [0.1, 0.15) is 11.5 Å². The maximum absolute atomic E-state index is 5.37. The van der Waals surface area contributed by atoms with Crippen molar-refractivity contribution in [3.63, 3.8) is 0 Å². The molecule has 1 N–H and O–H groups in total. The fourth-order valence-electron chi connectivity index (χ4n) is 2.59. The van der Waals surface area contributed by atoms with Crippen LogP contribution in [-0.2, 0) is 6.54 Å². The van der Waals surface area contributed by atoms with Gasteiger partial charge < -0.3 is 24.1 Å². The zero-order chi connectivity index (χ0) is 19.4. The van der Waals surface area contributed by atoms with Crippen molar-refractivity contribution in [2.24, 2.45) is 0 Å². The predicted molar refractivity (Wildman–Crippen MR) is 106 cm³/mol. The summed E-state index contributed by atoms with van der Waals surface area (Å²) in [6.07, 6.45) is 0. The summed E-state index contributed by atoms with van der Waals surface area (Å²) in [5, 5.41) is 7.32. The van der Waals surface area contributed by atoms with E-state index < -0.39 is 0 Å². The molecule has 0 atom stereocenters. The first-order valence-corrected chi connectivity index (χ1v) is 8.98. The molecule has 8 heteroatoms. The molecule has 0 aliphatic heterocycles. The Balaban J connectivity index is 1.81. The molecule has 27 heavy (non-hydrogen) atoms. The number of aryl methyl sites for hydroxylation is 1. The van der Waals surface area contributed by atoms with E-state index in [0.29, 0.717) is 41.1 Å². The first-order chi connectivity index (χ1) is 13.0. The lowest BCUT2D eigenvalue weighted by molar-refractivity contribution is 0.324. The van der Waals surface area contributed by atoms with Gasteiger partial charge in [-0.25, -0.2) is 0 Å². The highest BCUT2D eigenvalue weighted by molar-refractivity contribution is 9.10. The molecule has 7 nitrogen and oxygen atoms in total. The number of halogens is 1. The predicted octanol–water partition coefficient (Wildman–Crippen LogP) is 4.45. The molecule has 0 spiro atoms. The number of hydrogen-bond acceptors (Lipinski definition) is 7. The standard InChI is InChI=1S/C19H20BrN3O4/c1-11-5-6-14(13(20)7-11)21-10-17-22-19(23-27-17)12-8-15(24-2)18(26-4)16(9-12)25-3/h5-9,21H,10H2,1-4H3. The second-order valence-corrected chi connectivity index (χ2v) is 6.62. The number of ether oxygens (including phenoxy) is 3. The van der Waals surface area contributed by atoms with E-state index in [2.05, 4.69) is 31.4 Å². The van der Waals surface area contributed by atoms with Crippen molar-refractivity contribution < 1.29 is 18.7 Å². The highest BCUT2D eigenvalue weighted by Gasteiger charge is 2.17. The normalized spacial score (nSPS) is 10.6. The molecule has 142 valence electrons. The number of nitrogens with zero attached hydrogens (tertiary/aromatic N) is 2. The third kappa shape index (κ3) is 4.16. The molecule has 0 saturated carbocycles. The summed E-state index contributed by atoms with van der Waals surface area (Å²) in [6.45, 7) is 2.44. The van der Waals surface area contributed by atoms with Gasteiger partial charge in [-0.15, -0.1) is 0 Å². The molecule has 3 aromatic rings. The summed E-state index contributed by atoms with van der Waals surface area (Å²) in [4.78, 5) is 4.44. The molecule has 0 saturated heterocycles. The van der Waals surface area contributed by atoms with Gasteiger partial charge in [0.2, 0.25) is 17.5 Å². The van der Waals surface area contributed by atoms with Gasteiger partial charge in [-0.05, 0) is 52.7 Å². The summed E-state index contributed by atoms with van der Waals surface area (Å²) in [7, 11) is 4.68. The van der Waals surface area contributed by atoms with E-state index in [4.69, 9.17) is 18.7 Å². The van der Waals surface area contributed by atoms with Crippen molar-refractivity contribution in [2.45, 2.75) is 13.5 Å². The van der Waals surface area contributed by atoms with Crippen molar-refractivity contribution >= 4 is 21.6 Å². The second-order valence-electron chi connectivity index (χ2n) is 5.76. The van der Waals surface area contributed by atoms with Crippen molar-refractivity contribution in [3.8, 4) is 28.6 Å². The summed E-state index contributed by atoms with van der Waals surface area (Å²) in [5.41, 5.74) is 2.83. The number of anilines is 1. The Labute approximate surface area is 165 Å². The van der Waals surface area contributed by atoms with E-state index in [1.54, 1.807) is 33.5 Å². The molecule has 0 aliphatic rings. The first-order valence-electron chi connectivity index (χ1n) is 8.18. The van der Waals surface area contributed by atoms with Crippen LogP contribution in [0, 0.1) is 6.92 Å². The van der Waals surface area contributed by atoms with Crippen molar-refractivity contribution in [1.82, 2.24) is 10.1 Å². The lowest BCUT2D eigenvalue weighted by Crippen LogP contribution is -2.00. The largest absolute Gasteiger partial charge is 0.493 e. The van der Waals surface area contributed by atoms with Gasteiger partial charge in [-0.3, -0.25) is 0 Å². The Morgan fingerprint density at radius 1 is 1.04 bits per heavy atom. The van der Waals surface area contributed by atoms with E-state index in [-0.39, 0.29) is 0 Å². The van der Waals surface area contributed by atoms with Crippen LogP contribution >= 0.6 is 15.9 Å². The average Bonchev–Trinajstić information content (AvgIpc) is 3.15. The molecule has 0 aliphatic carbocycles. The molecule has 3 rings (SSSR count). The first kappa shape index (κ1) is 19.0. The number of methoxy groups -OCH3 is 3. The lowest BCUT2D eigenvalue weighted by atomic mass is 10.1. The van der Waals surface area contributed by atoms with Crippen molar-refractivity contribution in [2.75, 3.05) is 26.6 Å². The third-order valence-electron chi connectivity index (χ3n) is 3.95. The number of aromatic nitrogens is 2. The fourth-order valence-corrected chi connectivity index (χ4v) is 3.22. The minimum absolute atomic E-state index is 0.402. The van der Waals surface area contributed by atoms with Crippen LogP contribution in [0.25, 0.3) is 11.4 Å². The molecule has 0 fully saturated rings. The molecule has 0 unspecified atom stereocenters. The van der Waals surface area contributed by atoms with Gasteiger partial charge in [-0.2, -0.15) is 4.98 Å². The van der Waals surface area contributed by atoms with E-state index in [1.807, 2.05) is 25.1 Å². The smallest absolute Gasteiger partial charge is 0.246 e. The monoisotopic (exact) mass is 433 g/mol. The molecule has 1 aromatic heterocycles. The fraction of sp³-hybridized carbons (Fsp3) is 0.263. The molecule has 1 heterocycles. The quantitative estimate of drug-likeness (QED) is 0.589. The highest BCUT2D eigenvalue weighted by Crippen LogP contribution is 2.40. The van der Waals surface area contributed by atoms with Gasteiger partial charge in [0.15, 0.2) is 11.5 Å². The van der Waals surface area contributed by atoms with Gasteiger partial charge >= 0.3 is 0 Å². The van der Waals surface area contributed by atoms with Gasteiger partial charge in [0.25, 0.3) is 0 Å². The average molecular weight is 434 g/mol. The topological polar surface area (TPSA) is 78.6 Å². The Morgan fingerprint density at radius 2 is 1.74 bits per heavy atom. The number of rotatable bonds is 7. The van der Waals surface area contributed by atoms with Crippen molar-refractivity contribution in [3.05, 3.63) is 46.3 Å².